The lowest BCUT2D eigenvalue weighted by Gasteiger charge is -2.32. The maximum atomic E-state index is 12.7. The smallest absolute Gasteiger partial charge is 0.253 e. The first-order valence-electron chi connectivity index (χ1n) is 8.47. The van der Waals surface area contributed by atoms with Crippen molar-refractivity contribution in [1.82, 2.24) is 15.1 Å². The molecular weight excluding hydrogens is 326 g/mol. The van der Waals surface area contributed by atoms with Crippen LogP contribution in [0, 0.1) is 0 Å². The molecule has 1 aromatic carbocycles. The van der Waals surface area contributed by atoms with E-state index in [0.29, 0.717) is 31.2 Å². The van der Waals surface area contributed by atoms with Gasteiger partial charge in [-0.3, -0.25) is 9.69 Å². The highest BCUT2D eigenvalue weighted by Crippen LogP contribution is 2.14. The van der Waals surface area contributed by atoms with Gasteiger partial charge in [0.1, 0.15) is 0 Å². The van der Waals surface area contributed by atoms with Crippen LogP contribution >= 0.6 is 0 Å². The normalized spacial score (nSPS) is 24.7. The molecule has 0 aliphatic carbocycles. The van der Waals surface area contributed by atoms with Gasteiger partial charge in [-0.05, 0) is 24.6 Å². The number of nitrogens with zero attached hydrogens (tertiary/aromatic N) is 2. The monoisotopic (exact) mass is 351 g/mol. The predicted molar refractivity (Wildman–Crippen MR) is 93.7 cm³/mol. The fraction of sp³-hybridized carbons (Fsp3) is 0.588. The third-order valence-corrected chi connectivity index (χ3v) is 6.28. The van der Waals surface area contributed by atoms with Crippen molar-refractivity contribution in [2.45, 2.75) is 19.5 Å². The number of hydrogen-bond donors (Lipinski definition) is 1. The van der Waals surface area contributed by atoms with E-state index in [2.05, 4.69) is 17.1 Å². The van der Waals surface area contributed by atoms with E-state index in [1.54, 1.807) is 0 Å². The van der Waals surface area contributed by atoms with Crippen LogP contribution in [0.2, 0.25) is 0 Å². The van der Waals surface area contributed by atoms with Crippen LogP contribution in [-0.4, -0.2) is 74.4 Å². The Morgan fingerprint density at radius 3 is 2.71 bits per heavy atom. The Labute approximate surface area is 143 Å². The van der Waals surface area contributed by atoms with Crippen LogP contribution in [0.3, 0.4) is 0 Å². The molecule has 3 rings (SSSR count). The summed E-state index contributed by atoms with van der Waals surface area (Å²) in [4.78, 5) is 16.7. The molecular formula is C17H25N3O3S. The Morgan fingerprint density at radius 2 is 2.00 bits per heavy atom. The lowest BCUT2D eigenvalue weighted by Crippen LogP contribution is -2.51. The minimum atomic E-state index is -2.86. The van der Waals surface area contributed by atoms with Crippen LogP contribution in [-0.2, 0) is 16.4 Å². The fourth-order valence-corrected chi connectivity index (χ4v) is 4.55. The van der Waals surface area contributed by atoms with Crippen molar-refractivity contribution in [2.75, 3.05) is 44.2 Å². The largest absolute Gasteiger partial charge is 0.336 e. The van der Waals surface area contributed by atoms with E-state index in [-0.39, 0.29) is 17.4 Å². The first kappa shape index (κ1) is 17.4. The van der Waals surface area contributed by atoms with E-state index in [0.717, 1.165) is 25.2 Å². The number of nitrogens with one attached hydrogen (secondary N) is 1. The van der Waals surface area contributed by atoms with E-state index < -0.39 is 9.84 Å². The van der Waals surface area contributed by atoms with Crippen LogP contribution in [0.5, 0.6) is 0 Å². The highest BCUT2D eigenvalue weighted by Gasteiger charge is 2.23. The number of rotatable bonds is 3. The van der Waals surface area contributed by atoms with Gasteiger partial charge in [0.15, 0.2) is 9.84 Å². The van der Waals surface area contributed by atoms with Crippen molar-refractivity contribution in [3.8, 4) is 0 Å². The van der Waals surface area contributed by atoms with Crippen molar-refractivity contribution in [2.24, 2.45) is 0 Å². The molecule has 1 amide bonds. The average molecular weight is 351 g/mol. The van der Waals surface area contributed by atoms with Gasteiger partial charge in [-0.1, -0.05) is 12.1 Å². The summed E-state index contributed by atoms with van der Waals surface area (Å²) < 4.78 is 23.0. The Hall–Kier alpha value is -1.44. The van der Waals surface area contributed by atoms with E-state index in [9.17, 15) is 13.2 Å². The molecule has 7 heteroatoms. The standard InChI is InChI=1S/C17H25N3O3S/c1-14-12-20(6-5-18-14)17(21)16-4-2-3-15(11-16)13-19-7-9-24(22,23)10-8-19/h2-4,11,14,18H,5-10,12-13H2,1H3. The van der Waals surface area contributed by atoms with Crippen LogP contribution in [0.4, 0.5) is 0 Å². The molecule has 0 bridgehead atoms. The van der Waals surface area contributed by atoms with Gasteiger partial charge >= 0.3 is 0 Å². The van der Waals surface area contributed by atoms with Crippen molar-refractivity contribution < 1.29 is 13.2 Å². The number of amides is 1. The van der Waals surface area contributed by atoms with Crippen molar-refractivity contribution >= 4 is 15.7 Å². The van der Waals surface area contributed by atoms with Crippen LogP contribution in [0.15, 0.2) is 24.3 Å². The summed E-state index contributed by atoms with van der Waals surface area (Å²) in [6.45, 7) is 6.19. The molecule has 0 spiro atoms. The molecule has 2 saturated heterocycles. The number of piperazine rings is 1. The summed E-state index contributed by atoms with van der Waals surface area (Å²) >= 11 is 0. The minimum absolute atomic E-state index is 0.0754. The van der Waals surface area contributed by atoms with Gasteiger partial charge < -0.3 is 10.2 Å². The molecule has 24 heavy (non-hydrogen) atoms. The molecule has 2 aliphatic heterocycles. The highest BCUT2D eigenvalue weighted by atomic mass is 32.2. The molecule has 2 heterocycles. The van der Waals surface area contributed by atoms with Crippen LogP contribution in [0.25, 0.3) is 0 Å². The summed E-state index contributed by atoms with van der Waals surface area (Å²) in [6, 6.07) is 8.04. The molecule has 0 saturated carbocycles. The summed E-state index contributed by atoms with van der Waals surface area (Å²) in [6.07, 6.45) is 0. The third-order valence-electron chi connectivity index (χ3n) is 4.67. The maximum absolute atomic E-state index is 12.7. The van der Waals surface area contributed by atoms with Gasteiger partial charge in [0, 0.05) is 50.9 Å². The SMILES string of the molecule is CC1CN(C(=O)c2cccc(CN3CCS(=O)(=O)CC3)c2)CCN1. The molecule has 0 radical (unpaired) electrons. The molecule has 6 nitrogen and oxygen atoms in total. The van der Waals surface area contributed by atoms with E-state index in [1.165, 1.54) is 0 Å². The van der Waals surface area contributed by atoms with Crippen LogP contribution in [0.1, 0.15) is 22.8 Å². The Bertz CT molecular complexity index is 691. The summed E-state index contributed by atoms with van der Waals surface area (Å²) in [5, 5.41) is 3.34. The zero-order chi connectivity index (χ0) is 17.2. The molecule has 0 aromatic heterocycles. The molecule has 1 N–H and O–H groups in total. The molecule has 1 aromatic rings. The topological polar surface area (TPSA) is 69.7 Å². The van der Waals surface area contributed by atoms with Gasteiger partial charge in [-0.2, -0.15) is 0 Å². The van der Waals surface area contributed by atoms with Crippen molar-refractivity contribution in [3.63, 3.8) is 0 Å². The second kappa shape index (κ2) is 7.21. The Kier molecular flexibility index (Phi) is 5.22. The summed E-state index contributed by atoms with van der Waals surface area (Å²) in [7, 11) is -2.86. The number of benzene rings is 1. The van der Waals surface area contributed by atoms with E-state index >= 15 is 0 Å². The molecule has 2 fully saturated rings. The molecule has 2 aliphatic rings. The maximum Gasteiger partial charge on any atom is 0.253 e. The van der Waals surface area contributed by atoms with Gasteiger partial charge in [0.05, 0.1) is 11.5 Å². The zero-order valence-electron chi connectivity index (χ0n) is 14.1. The number of hydrogen-bond acceptors (Lipinski definition) is 5. The number of carbonyl (C=O) groups excluding carboxylic acids is 1. The number of sulfone groups is 1. The van der Waals surface area contributed by atoms with E-state index in [4.69, 9.17) is 0 Å². The number of carbonyl (C=O) groups is 1. The second-order valence-corrected chi connectivity index (χ2v) is 9.04. The third kappa shape index (κ3) is 4.34. The van der Waals surface area contributed by atoms with Gasteiger partial charge in [0.2, 0.25) is 0 Å². The first-order chi connectivity index (χ1) is 11.4. The van der Waals surface area contributed by atoms with Gasteiger partial charge in [0.25, 0.3) is 5.91 Å². The fourth-order valence-electron chi connectivity index (χ4n) is 3.27. The minimum Gasteiger partial charge on any atom is -0.336 e. The molecule has 1 atom stereocenters. The first-order valence-corrected chi connectivity index (χ1v) is 10.3. The summed E-state index contributed by atoms with van der Waals surface area (Å²) in [5.41, 5.74) is 1.77. The zero-order valence-corrected chi connectivity index (χ0v) is 14.9. The Morgan fingerprint density at radius 1 is 1.25 bits per heavy atom. The van der Waals surface area contributed by atoms with Gasteiger partial charge in [-0.15, -0.1) is 0 Å². The van der Waals surface area contributed by atoms with E-state index in [1.807, 2.05) is 29.2 Å². The lowest BCUT2D eigenvalue weighted by atomic mass is 10.1. The molecule has 1 unspecified atom stereocenters. The van der Waals surface area contributed by atoms with Gasteiger partial charge in [-0.25, -0.2) is 8.42 Å². The second-order valence-electron chi connectivity index (χ2n) is 6.73. The quantitative estimate of drug-likeness (QED) is 0.851. The lowest BCUT2D eigenvalue weighted by molar-refractivity contribution is 0.0709. The average Bonchev–Trinajstić information content (AvgIpc) is 2.56. The predicted octanol–water partition coefficient (Wildman–Crippen LogP) is 0.351. The highest BCUT2D eigenvalue weighted by molar-refractivity contribution is 7.91. The van der Waals surface area contributed by atoms with Crippen molar-refractivity contribution in [1.29, 1.82) is 0 Å². The van der Waals surface area contributed by atoms with Crippen molar-refractivity contribution in [3.05, 3.63) is 35.4 Å². The summed E-state index contributed by atoms with van der Waals surface area (Å²) in [5.74, 6) is 0.528. The Balaban J connectivity index is 1.64. The van der Waals surface area contributed by atoms with Crippen LogP contribution < -0.4 is 5.32 Å². The molecule has 132 valence electrons.